The first-order chi connectivity index (χ1) is 13.4. The van der Waals surface area contributed by atoms with E-state index in [1.807, 2.05) is 16.7 Å². The Hall–Kier alpha value is -1.89. The summed E-state index contributed by atoms with van der Waals surface area (Å²) >= 11 is 0. The molecule has 2 aliphatic rings. The second-order valence-electron chi connectivity index (χ2n) is 8.63. The van der Waals surface area contributed by atoms with Crippen molar-refractivity contribution in [3.63, 3.8) is 0 Å². The van der Waals surface area contributed by atoms with Gasteiger partial charge in [0.2, 0.25) is 11.8 Å². The fraction of sp³-hybridized carbons (Fsp3) is 0.762. The maximum absolute atomic E-state index is 12.9. The molecule has 0 spiro atoms. The molecule has 1 aromatic heterocycles. The summed E-state index contributed by atoms with van der Waals surface area (Å²) in [4.78, 5) is 29.0. The van der Waals surface area contributed by atoms with Gasteiger partial charge in [0.15, 0.2) is 0 Å². The molecule has 2 amide bonds. The lowest BCUT2D eigenvalue weighted by molar-refractivity contribution is -0.140. The number of rotatable bonds is 6. The summed E-state index contributed by atoms with van der Waals surface area (Å²) in [5.74, 6) is 0.905. The third kappa shape index (κ3) is 4.74. The molecule has 156 valence electrons. The zero-order valence-corrected chi connectivity index (χ0v) is 17.8. The van der Waals surface area contributed by atoms with Crippen LogP contribution >= 0.6 is 0 Å². The highest BCUT2D eigenvalue weighted by molar-refractivity contribution is 5.80. The zero-order chi connectivity index (χ0) is 20.3. The fourth-order valence-corrected chi connectivity index (χ4v) is 4.45. The molecule has 2 fully saturated rings. The quantitative estimate of drug-likeness (QED) is 0.801. The van der Waals surface area contributed by atoms with Crippen LogP contribution in [0.3, 0.4) is 0 Å². The van der Waals surface area contributed by atoms with Gasteiger partial charge in [0, 0.05) is 50.9 Å². The Morgan fingerprint density at radius 1 is 1.29 bits per heavy atom. The summed E-state index contributed by atoms with van der Waals surface area (Å²) in [5, 5.41) is 7.78. The molecule has 1 atom stereocenters. The molecule has 1 N–H and O–H groups in total. The lowest BCUT2D eigenvalue weighted by atomic mass is 10.0. The van der Waals surface area contributed by atoms with Crippen LogP contribution in [0.5, 0.6) is 0 Å². The molecule has 0 saturated carbocycles. The molecular formula is C21H35N5O2. The van der Waals surface area contributed by atoms with E-state index in [0.717, 1.165) is 51.1 Å². The molecule has 7 heteroatoms. The number of piperazine rings is 1. The van der Waals surface area contributed by atoms with Gasteiger partial charge < -0.3 is 15.1 Å². The second kappa shape index (κ2) is 9.07. The molecule has 3 rings (SSSR count). The number of aryl methyl sites for hydroxylation is 1. The maximum Gasteiger partial charge on any atom is 0.236 e. The van der Waals surface area contributed by atoms with Crippen molar-refractivity contribution >= 4 is 11.8 Å². The Morgan fingerprint density at radius 2 is 2.07 bits per heavy atom. The zero-order valence-electron chi connectivity index (χ0n) is 17.8. The largest absolute Gasteiger partial charge is 0.341 e. The summed E-state index contributed by atoms with van der Waals surface area (Å²) in [6, 6.07) is 0.171. The Bertz CT molecular complexity index is 712. The van der Waals surface area contributed by atoms with E-state index < -0.39 is 0 Å². The van der Waals surface area contributed by atoms with Crippen LogP contribution in [0, 0.1) is 19.8 Å². The number of amides is 2. The Morgan fingerprint density at radius 3 is 2.79 bits per heavy atom. The second-order valence-corrected chi connectivity index (χ2v) is 8.63. The molecule has 2 saturated heterocycles. The molecule has 1 aromatic rings. The monoisotopic (exact) mass is 389 g/mol. The summed E-state index contributed by atoms with van der Waals surface area (Å²) in [6.07, 6.45) is 3.22. The highest BCUT2D eigenvalue weighted by Crippen LogP contribution is 2.20. The van der Waals surface area contributed by atoms with Crippen LogP contribution in [-0.2, 0) is 22.6 Å². The standard InChI is InChI=1S/C21H35N5O2/c1-15(2)13-26-17(4)19(16(3)23-26)7-8-20(27)24-10-5-6-18(14-24)25-11-9-22-12-21(25)28/h15,18,22H,5-14H2,1-4H3. The average molecular weight is 390 g/mol. The smallest absolute Gasteiger partial charge is 0.236 e. The molecule has 1 unspecified atom stereocenters. The first-order valence-electron chi connectivity index (χ1n) is 10.7. The van der Waals surface area contributed by atoms with E-state index in [1.165, 1.54) is 11.3 Å². The van der Waals surface area contributed by atoms with Gasteiger partial charge in [-0.2, -0.15) is 5.10 Å². The Kier molecular flexibility index (Phi) is 6.75. The predicted molar refractivity (Wildman–Crippen MR) is 109 cm³/mol. The van der Waals surface area contributed by atoms with Gasteiger partial charge in [0.25, 0.3) is 0 Å². The van der Waals surface area contributed by atoms with Crippen LogP contribution in [0.4, 0.5) is 0 Å². The molecule has 3 heterocycles. The average Bonchev–Trinajstić information content (AvgIpc) is 2.92. The number of hydrogen-bond acceptors (Lipinski definition) is 4. The van der Waals surface area contributed by atoms with Crippen molar-refractivity contribution in [2.45, 2.75) is 66.0 Å². The number of piperidine rings is 1. The van der Waals surface area contributed by atoms with Crippen molar-refractivity contribution in [1.29, 1.82) is 0 Å². The van der Waals surface area contributed by atoms with Gasteiger partial charge in [-0.3, -0.25) is 14.3 Å². The third-order valence-electron chi connectivity index (χ3n) is 5.97. The van der Waals surface area contributed by atoms with Crippen molar-refractivity contribution < 1.29 is 9.59 Å². The van der Waals surface area contributed by atoms with E-state index in [2.05, 4.69) is 35.9 Å². The summed E-state index contributed by atoms with van der Waals surface area (Å²) in [7, 11) is 0. The first kappa shape index (κ1) is 20.8. The SMILES string of the molecule is Cc1nn(CC(C)C)c(C)c1CCC(=O)N1CCCC(N2CCNCC2=O)C1. The number of nitrogens with zero attached hydrogens (tertiary/aromatic N) is 4. The molecule has 2 aliphatic heterocycles. The molecule has 0 bridgehead atoms. The van der Waals surface area contributed by atoms with Crippen LogP contribution in [0.15, 0.2) is 0 Å². The van der Waals surface area contributed by atoms with E-state index in [-0.39, 0.29) is 17.9 Å². The van der Waals surface area contributed by atoms with Gasteiger partial charge in [0.1, 0.15) is 0 Å². The molecular weight excluding hydrogens is 354 g/mol. The van der Waals surface area contributed by atoms with Gasteiger partial charge >= 0.3 is 0 Å². The Balaban J connectivity index is 1.57. The van der Waals surface area contributed by atoms with Gasteiger partial charge in [0.05, 0.1) is 12.2 Å². The summed E-state index contributed by atoms with van der Waals surface area (Å²) in [6.45, 7) is 12.9. The molecule has 0 aromatic carbocycles. The third-order valence-corrected chi connectivity index (χ3v) is 5.97. The van der Waals surface area contributed by atoms with Gasteiger partial charge in [-0.15, -0.1) is 0 Å². The van der Waals surface area contributed by atoms with E-state index in [1.54, 1.807) is 0 Å². The lowest BCUT2D eigenvalue weighted by Crippen LogP contribution is -2.57. The van der Waals surface area contributed by atoms with Gasteiger partial charge in [-0.1, -0.05) is 13.8 Å². The van der Waals surface area contributed by atoms with Crippen LogP contribution in [0.1, 0.15) is 50.1 Å². The van der Waals surface area contributed by atoms with Crippen LogP contribution in [-0.4, -0.2) is 70.2 Å². The topological polar surface area (TPSA) is 70.5 Å². The van der Waals surface area contributed by atoms with Gasteiger partial charge in [-0.05, 0) is 44.6 Å². The minimum absolute atomic E-state index is 0.161. The van der Waals surface area contributed by atoms with Crippen molar-refractivity contribution in [2.75, 3.05) is 32.7 Å². The number of nitrogens with one attached hydrogen (secondary N) is 1. The van der Waals surface area contributed by atoms with E-state index in [9.17, 15) is 9.59 Å². The summed E-state index contributed by atoms with van der Waals surface area (Å²) < 4.78 is 2.08. The number of likely N-dealkylation sites (tertiary alicyclic amines) is 1. The number of hydrogen-bond donors (Lipinski definition) is 1. The van der Waals surface area contributed by atoms with E-state index >= 15 is 0 Å². The normalized spacial score (nSPS) is 20.9. The van der Waals surface area contributed by atoms with Crippen molar-refractivity contribution in [3.05, 3.63) is 17.0 Å². The minimum Gasteiger partial charge on any atom is -0.341 e. The van der Waals surface area contributed by atoms with Crippen molar-refractivity contribution in [2.24, 2.45) is 5.92 Å². The molecule has 0 aliphatic carbocycles. The van der Waals surface area contributed by atoms with Crippen LogP contribution in [0.25, 0.3) is 0 Å². The van der Waals surface area contributed by atoms with E-state index in [4.69, 9.17) is 0 Å². The first-order valence-corrected chi connectivity index (χ1v) is 10.7. The highest BCUT2D eigenvalue weighted by atomic mass is 16.2. The van der Waals surface area contributed by atoms with Crippen LogP contribution < -0.4 is 5.32 Å². The molecule has 28 heavy (non-hydrogen) atoms. The van der Waals surface area contributed by atoms with E-state index in [0.29, 0.717) is 25.4 Å². The fourth-order valence-electron chi connectivity index (χ4n) is 4.45. The molecule has 7 nitrogen and oxygen atoms in total. The minimum atomic E-state index is 0.161. The maximum atomic E-state index is 12.9. The van der Waals surface area contributed by atoms with Crippen LogP contribution in [0.2, 0.25) is 0 Å². The molecule has 0 radical (unpaired) electrons. The highest BCUT2D eigenvalue weighted by Gasteiger charge is 2.31. The lowest BCUT2D eigenvalue weighted by Gasteiger charge is -2.41. The predicted octanol–water partition coefficient (Wildman–Crippen LogP) is 1.51. The summed E-state index contributed by atoms with van der Waals surface area (Å²) in [5.41, 5.74) is 3.43. The number of carbonyl (C=O) groups is 2. The van der Waals surface area contributed by atoms with Crippen molar-refractivity contribution in [3.8, 4) is 0 Å². The number of carbonyl (C=O) groups excluding carboxylic acids is 2. The number of aromatic nitrogens is 2. The Labute approximate surface area is 168 Å². The van der Waals surface area contributed by atoms with Crippen molar-refractivity contribution in [1.82, 2.24) is 24.9 Å². The van der Waals surface area contributed by atoms with Gasteiger partial charge in [-0.25, -0.2) is 0 Å².